The minimum atomic E-state index is 0.0287. The van der Waals surface area contributed by atoms with Crippen molar-refractivity contribution in [3.05, 3.63) is 23.4 Å². The molecule has 1 aliphatic rings. The number of anilines is 1. The molecule has 3 N–H and O–H groups in total. The molecule has 1 aromatic heterocycles. The van der Waals surface area contributed by atoms with E-state index < -0.39 is 0 Å². The lowest BCUT2D eigenvalue weighted by Gasteiger charge is -2.34. The Bertz CT molecular complexity index is 524. The lowest BCUT2D eigenvalue weighted by Crippen LogP contribution is -2.44. The second-order valence-electron chi connectivity index (χ2n) is 5.15. The van der Waals surface area contributed by atoms with Crippen molar-refractivity contribution in [2.75, 3.05) is 18.0 Å². The molecular formula is C14H20N4OS. The highest BCUT2D eigenvalue weighted by atomic mass is 32.1. The highest BCUT2D eigenvalue weighted by Gasteiger charge is 2.23. The Morgan fingerprint density at radius 3 is 2.65 bits per heavy atom. The summed E-state index contributed by atoms with van der Waals surface area (Å²) in [5, 5.41) is 2.97. The van der Waals surface area contributed by atoms with Crippen LogP contribution in [0.1, 0.15) is 31.0 Å². The number of aryl methyl sites for hydroxylation is 1. The number of nitrogens with two attached hydrogens (primary N) is 1. The molecule has 108 valence electrons. The molecule has 2 heterocycles. The van der Waals surface area contributed by atoms with Crippen molar-refractivity contribution >= 4 is 28.9 Å². The van der Waals surface area contributed by atoms with Crippen LogP contribution >= 0.6 is 12.2 Å². The summed E-state index contributed by atoms with van der Waals surface area (Å²) < 4.78 is 0. The Kier molecular flexibility index (Phi) is 4.54. The largest absolute Gasteiger partial charge is 0.389 e. The predicted octanol–water partition coefficient (Wildman–Crippen LogP) is 1.13. The number of carbonyl (C=O) groups excluding carboxylic acids is 1. The number of aromatic nitrogens is 1. The number of hydrogen-bond donors (Lipinski definition) is 2. The highest BCUT2D eigenvalue weighted by molar-refractivity contribution is 7.80. The Hall–Kier alpha value is -1.69. The Labute approximate surface area is 124 Å². The van der Waals surface area contributed by atoms with Crippen molar-refractivity contribution < 1.29 is 4.79 Å². The molecule has 1 saturated heterocycles. The molecule has 20 heavy (non-hydrogen) atoms. The zero-order chi connectivity index (χ0) is 14.7. The van der Waals surface area contributed by atoms with Crippen LogP contribution in [0.4, 0.5) is 5.82 Å². The second-order valence-corrected chi connectivity index (χ2v) is 5.59. The molecular weight excluding hydrogens is 272 g/mol. The minimum absolute atomic E-state index is 0.0287. The summed E-state index contributed by atoms with van der Waals surface area (Å²) in [5.41, 5.74) is 7.54. The highest BCUT2D eigenvalue weighted by Crippen LogP contribution is 2.22. The number of rotatable bonds is 3. The van der Waals surface area contributed by atoms with Crippen molar-refractivity contribution in [2.45, 2.75) is 32.7 Å². The van der Waals surface area contributed by atoms with Gasteiger partial charge < -0.3 is 16.0 Å². The van der Waals surface area contributed by atoms with Gasteiger partial charge in [-0.05, 0) is 31.9 Å². The molecule has 5 nitrogen and oxygen atoms in total. The molecule has 2 rings (SSSR count). The number of carbonyl (C=O) groups is 1. The first-order chi connectivity index (χ1) is 9.47. The molecule has 6 heteroatoms. The summed E-state index contributed by atoms with van der Waals surface area (Å²) in [4.78, 5) is 18.2. The summed E-state index contributed by atoms with van der Waals surface area (Å²) in [6.45, 7) is 5.20. The first-order valence-corrected chi connectivity index (χ1v) is 7.17. The molecule has 1 aliphatic heterocycles. The van der Waals surface area contributed by atoms with E-state index in [9.17, 15) is 4.79 Å². The summed E-state index contributed by atoms with van der Waals surface area (Å²) >= 11 is 5.10. The summed E-state index contributed by atoms with van der Waals surface area (Å²) in [6.07, 6.45) is 1.82. The maximum atomic E-state index is 11.1. The third kappa shape index (κ3) is 3.45. The van der Waals surface area contributed by atoms with Crippen molar-refractivity contribution in [2.24, 2.45) is 5.73 Å². The monoisotopic (exact) mass is 292 g/mol. The molecule has 1 amide bonds. The third-order valence-corrected chi connectivity index (χ3v) is 3.70. The Balaban J connectivity index is 2.12. The van der Waals surface area contributed by atoms with Crippen LogP contribution in [-0.4, -0.2) is 35.0 Å². The molecule has 0 bridgehead atoms. The van der Waals surface area contributed by atoms with Gasteiger partial charge in [0.05, 0.1) is 5.56 Å². The number of nitrogens with one attached hydrogen (secondary N) is 1. The first-order valence-electron chi connectivity index (χ1n) is 6.77. The standard InChI is InChI=1S/C14H20N4OS/c1-9-3-4-12(13(15)20)14(16-9)18-7-5-11(6-8-18)17-10(2)19/h3-4,11H,5-8H2,1-2H3,(H2,15,20)(H,17,19). The Morgan fingerprint density at radius 1 is 1.45 bits per heavy atom. The minimum Gasteiger partial charge on any atom is -0.389 e. The molecule has 0 radical (unpaired) electrons. The van der Waals surface area contributed by atoms with Crippen LogP contribution < -0.4 is 16.0 Å². The van der Waals surface area contributed by atoms with Gasteiger partial charge >= 0.3 is 0 Å². The fourth-order valence-corrected chi connectivity index (χ4v) is 2.66. The van der Waals surface area contributed by atoms with Gasteiger partial charge in [0.1, 0.15) is 10.8 Å². The Morgan fingerprint density at radius 2 is 2.10 bits per heavy atom. The van der Waals surface area contributed by atoms with Crippen molar-refractivity contribution in [1.82, 2.24) is 10.3 Å². The number of hydrogen-bond acceptors (Lipinski definition) is 4. The number of amides is 1. The fraction of sp³-hybridized carbons (Fsp3) is 0.500. The van der Waals surface area contributed by atoms with Crippen molar-refractivity contribution in [3.63, 3.8) is 0 Å². The molecule has 0 aromatic carbocycles. The van der Waals surface area contributed by atoms with Crippen LogP contribution in [0.5, 0.6) is 0 Å². The smallest absolute Gasteiger partial charge is 0.217 e. The maximum absolute atomic E-state index is 11.1. The van der Waals surface area contributed by atoms with Crippen LogP contribution in [0.15, 0.2) is 12.1 Å². The van der Waals surface area contributed by atoms with Gasteiger partial charge in [0, 0.05) is 31.7 Å². The molecule has 0 spiro atoms. The summed E-state index contributed by atoms with van der Waals surface area (Å²) in [7, 11) is 0. The fourth-order valence-electron chi connectivity index (χ4n) is 2.50. The molecule has 1 fully saturated rings. The predicted molar refractivity (Wildman–Crippen MR) is 83.9 cm³/mol. The SMILES string of the molecule is CC(=O)NC1CCN(c2nc(C)ccc2C(N)=S)CC1. The van der Waals surface area contributed by atoms with E-state index in [1.807, 2.05) is 19.1 Å². The van der Waals surface area contributed by atoms with Gasteiger partial charge in [0.2, 0.25) is 5.91 Å². The van der Waals surface area contributed by atoms with E-state index in [0.29, 0.717) is 4.99 Å². The van der Waals surface area contributed by atoms with E-state index in [0.717, 1.165) is 43.0 Å². The third-order valence-electron chi connectivity index (χ3n) is 3.48. The molecule has 0 unspecified atom stereocenters. The molecule has 0 aliphatic carbocycles. The quantitative estimate of drug-likeness (QED) is 0.817. The lowest BCUT2D eigenvalue weighted by atomic mass is 10.0. The van der Waals surface area contributed by atoms with Gasteiger partial charge in [0.25, 0.3) is 0 Å². The number of thiocarbonyl (C=S) groups is 1. The van der Waals surface area contributed by atoms with Gasteiger partial charge in [-0.25, -0.2) is 4.98 Å². The van der Waals surface area contributed by atoms with Crippen molar-refractivity contribution in [3.8, 4) is 0 Å². The van der Waals surface area contributed by atoms with Gasteiger partial charge in [-0.2, -0.15) is 0 Å². The molecule has 0 atom stereocenters. The van der Waals surface area contributed by atoms with Gasteiger partial charge in [-0.1, -0.05) is 12.2 Å². The van der Waals surface area contributed by atoms with Crippen LogP contribution in [0.3, 0.4) is 0 Å². The maximum Gasteiger partial charge on any atom is 0.217 e. The summed E-state index contributed by atoms with van der Waals surface area (Å²) in [5.74, 6) is 0.889. The van der Waals surface area contributed by atoms with Crippen LogP contribution in [0.25, 0.3) is 0 Å². The van der Waals surface area contributed by atoms with Gasteiger partial charge in [-0.3, -0.25) is 4.79 Å². The summed E-state index contributed by atoms with van der Waals surface area (Å²) in [6, 6.07) is 4.10. The van der Waals surface area contributed by atoms with E-state index in [2.05, 4.69) is 15.2 Å². The van der Waals surface area contributed by atoms with Crippen molar-refractivity contribution in [1.29, 1.82) is 0 Å². The topological polar surface area (TPSA) is 71.2 Å². The second kappa shape index (κ2) is 6.17. The average Bonchev–Trinajstić information content (AvgIpc) is 2.38. The zero-order valence-corrected chi connectivity index (χ0v) is 12.7. The van der Waals surface area contributed by atoms with E-state index in [1.165, 1.54) is 0 Å². The van der Waals surface area contributed by atoms with E-state index in [1.54, 1.807) is 6.92 Å². The van der Waals surface area contributed by atoms with Crippen LogP contribution in [0.2, 0.25) is 0 Å². The van der Waals surface area contributed by atoms with Gasteiger partial charge in [-0.15, -0.1) is 0 Å². The molecule has 0 saturated carbocycles. The van der Waals surface area contributed by atoms with Crippen LogP contribution in [0, 0.1) is 6.92 Å². The normalized spacial score (nSPS) is 16.0. The number of piperidine rings is 1. The number of pyridine rings is 1. The first kappa shape index (κ1) is 14.7. The van der Waals surface area contributed by atoms with E-state index in [-0.39, 0.29) is 11.9 Å². The lowest BCUT2D eigenvalue weighted by molar-refractivity contribution is -0.119. The van der Waals surface area contributed by atoms with E-state index >= 15 is 0 Å². The van der Waals surface area contributed by atoms with E-state index in [4.69, 9.17) is 18.0 Å². The van der Waals surface area contributed by atoms with Crippen LogP contribution in [-0.2, 0) is 4.79 Å². The zero-order valence-electron chi connectivity index (χ0n) is 11.8. The average molecular weight is 292 g/mol. The van der Waals surface area contributed by atoms with Gasteiger partial charge in [0.15, 0.2) is 0 Å². The molecule has 1 aromatic rings. The number of nitrogens with zero attached hydrogens (tertiary/aromatic N) is 2.